The molecule has 0 amide bonds. The number of halogens is 1. The van der Waals surface area contributed by atoms with E-state index in [1.165, 1.54) is 12.8 Å². The number of aromatic nitrogens is 3. The number of hydrogen-bond donors (Lipinski definition) is 1. The number of piperidine rings is 1. The van der Waals surface area contributed by atoms with Crippen LogP contribution in [0.3, 0.4) is 0 Å². The summed E-state index contributed by atoms with van der Waals surface area (Å²) >= 11 is 0. The molecule has 0 aliphatic carbocycles. The van der Waals surface area contributed by atoms with E-state index in [1.54, 1.807) is 0 Å². The van der Waals surface area contributed by atoms with Crippen LogP contribution in [0.5, 0.6) is 0 Å². The van der Waals surface area contributed by atoms with Crippen molar-refractivity contribution in [3.05, 3.63) is 41.9 Å². The van der Waals surface area contributed by atoms with Crippen LogP contribution in [0, 0.1) is 5.92 Å². The Morgan fingerprint density at radius 2 is 2.03 bits per heavy atom. The van der Waals surface area contributed by atoms with Gasteiger partial charge in [-0.05, 0) is 37.3 Å². The van der Waals surface area contributed by atoms with Crippen LogP contribution in [0.2, 0.25) is 0 Å². The monoisotopic (exact) mass is 553 g/mol. The first-order chi connectivity index (χ1) is 15.1. The summed E-state index contributed by atoms with van der Waals surface area (Å²) in [5.74, 6) is 2.83. The van der Waals surface area contributed by atoms with Crippen LogP contribution >= 0.6 is 24.0 Å². The summed E-state index contributed by atoms with van der Waals surface area (Å²) in [4.78, 5) is 14.3. The second kappa shape index (κ2) is 11.8. The molecule has 2 fully saturated rings. The van der Waals surface area contributed by atoms with E-state index in [4.69, 9.17) is 14.7 Å². The number of ether oxygens (including phenoxy) is 1. The van der Waals surface area contributed by atoms with E-state index >= 15 is 0 Å². The molecule has 2 aromatic rings. The van der Waals surface area contributed by atoms with Gasteiger partial charge in [-0.2, -0.15) is 5.10 Å². The molecule has 32 heavy (non-hydrogen) atoms. The van der Waals surface area contributed by atoms with Crippen molar-refractivity contribution in [1.29, 1.82) is 0 Å². The first kappa shape index (κ1) is 24.8. The van der Waals surface area contributed by atoms with Gasteiger partial charge in [-0.3, -0.25) is 4.68 Å². The highest BCUT2D eigenvalue weighted by molar-refractivity contribution is 14.0. The molecule has 1 atom stereocenters. The van der Waals surface area contributed by atoms with E-state index < -0.39 is 0 Å². The molecule has 2 aliphatic heterocycles. The Balaban J connectivity index is 0.00000289. The predicted molar refractivity (Wildman–Crippen MR) is 139 cm³/mol. The lowest BCUT2D eigenvalue weighted by molar-refractivity contribution is -0.00805. The topological polar surface area (TPSA) is 70.8 Å². The van der Waals surface area contributed by atoms with Gasteiger partial charge in [0.2, 0.25) is 0 Å². The largest absolute Gasteiger partial charge is 0.370 e. The number of nitrogens with one attached hydrogen (secondary N) is 1. The fourth-order valence-corrected chi connectivity index (χ4v) is 4.18. The molecular formula is C23H36IN7O. The van der Waals surface area contributed by atoms with E-state index in [1.807, 2.05) is 30.3 Å². The number of aryl methyl sites for hydroxylation is 1. The van der Waals surface area contributed by atoms with Crippen LogP contribution < -0.4 is 10.2 Å². The van der Waals surface area contributed by atoms with Gasteiger partial charge in [0.25, 0.3) is 0 Å². The molecule has 8 nitrogen and oxygen atoms in total. The van der Waals surface area contributed by atoms with E-state index in [0.717, 1.165) is 61.5 Å². The molecule has 2 saturated heterocycles. The van der Waals surface area contributed by atoms with Crippen molar-refractivity contribution in [2.45, 2.75) is 39.3 Å². The van der Waals surface area contributed by atoms with Crippen molar-refractivity contribution < 1.29 is 4.74 Å². The van der Waals surface area contributed by atoms with Gasteiger partial charge < -0.3 is 19.9 Å². The van der Waals surface area contributed by atoms with Crippen LogP contribution in [0.4, 0.5) is 5.82 Å². The maximum atomic E-state index is 5.98. The lowest BCUT2D eigenvalue weighted by Gasteiger charge is -2.34. The Kier molecular flexibility index (Phi) is 9.15. The maximum absolute atomic E-state index is 5.98. The summed E-state index contributed by atoms with van der Waals surface area (Å²) in [6, 6.07) is 4.30. The number of aliphatic imine (C=N–C) groups is 1. The molecule has 4 rings (SSSR count). The van der Waals surface area contributed by atoms with Crippen molar-refractivity contribution in [1.82, 2.24) is 25.0 Å². The highest BCUT2D eigenvalue weighted by Crippen LogP contribution is 2.23. The summed E-state index contributed by atoms with van der Waals surface area (Å²) in [5.41, 5.74) is 2.23. The van der Waals surface area contributed by atoms with Crippen molar-refractivity contribution in [2.24, 2.45) is 18.0 Å². The van der Waals surface area contributed by atoms with Gasteiger partial charge in [-0.1, -0.05) is 13.0 Å². The first-order valence-corrected chi connectivity index (χ1v) is 11.5. The summed E-state index contributed by atoms with van der Waals surface area (Å²) in [5, 5.41) is 7.72. The fraction of sp³-hybridized carbons (Fsp3) is 0.609. The van der Waals surface area contributed by atoms with Gasteiger partial charge in [-0.15, -0.1) is 24.0 Å². The lowest BCUT2D eigenvalue weighted by Crippen LogP contribution is -2.48. The third-order valence-corrected chi connectivity index (χ3v) is 6.13. The predicted octanol–water partition coefficient (Wildman–Crippen LogP) is 3.21. The summed E-state index contributed by atoms with van der Waals surface area (Å²) in [6.07, 6.45) is 8.39. The number of guanidine groups is 1. The van der Waals surface area contributed by atoms with Gasteiger partial charge in [0, 0.05) is 51.2 Å². The molecule has 0 aromatic carbocycles. The van der Waals surface area contributed by atoms with E-state index in [-0.39, 0.29) is 30.1 Å². The zero-order valence-electron chi connectivity index (χ0n) is 19.4. The van der Waals surface area contributed by atoms with Gasteiger partial charge in [0.05, 0.1) is 25.9 Å². The molecule has 2 aromatic heterocycles. The fourth-order valence-electron chi connectivity index (χ4n) is 4.18. The Morgan fingerprint density at radius 1 is 1.22 bits per heavy atom. The minimum absolute atomic E-state index is 0. The van der Waals surface area contributed by atoms with E-state index in [9.17, 15) is 0 Å². The second-order valence-corrected chi connectivity index (χ2v) is 8.62. The first-order valence-electron chi connectivity index (χ1n) is 11.5. The minimum atomic E-state index is 0. The molecule has 0 radical (unpaired) electrons. The normalized spacial score (nSPS) is 20.2. The lowest BCUT2D eigenvalue weighted by atomic mass is 9.99. The summed E-state index contributed by atoms with van der Waals surface area (Å²) in [7, 11) is 1.93. The van der Waals surface area contributed by atoms with Crippen molar-refractivity contribution >= 4 is 35.8 Å². The molecular weight excluding hydrogens is 517 g/mol. The molecule has 176 valence electrons. The molecule has 1 unspecified atom stereocenters. The molecule has 0 spiro atoms. The maximum Gasteiger partial charge on any atom is 0.194 e. The molecule has 0 bridgehead atoms. The van der Waals surface area contributed by atoms with Crippen LogP contribution in [0.25, 0.3) is 0 Å². The Labute approximate surface area is 208 Å². The molecule has 0 saturated carbocycles. The third kappa shape index (κ3) is 6.34. The zero-order chi connectivity index (χ0) is 21.6. The van der Waals surface area contributed by atoms with Gasteiger partial charge in [-0.25, -0.2) is 9.98 Å². The molecule has 1 N–H and O–H groups in total. The molecule has 2 aliphatic rings. The number of anilines is 1. The van der Waals surface area contributed by atoms with Gasteiger partial charge in [0.1, 0.15) is 11.9 Å². The number of pyridine rings is 1. The highest BCUT2D eigenvalue weighted by Gasteiger charge is 2.25. The standard InChI is InChI=1S/C23H35N7O.HI/c1-4-24-23(30-11-12-31-21(17-30)20-15-27-28(3)16-20)26-14-19-5-6-22(25-13-19)29-9-7-18(2)8-10-29;/h5-6,13,15-16,18,21H,4,7-12,14,17H2,1-3H3,(H,24,26);1H. The smallest absolute Gasteiger partial charge is 0.194 e. The van der Waals surface area contributed by atoms with Crippen molar-refractivity contribution in [3.63, 3.8) is 0 Å². The van der Waals surface area contributed by atoms with Crippen molar-refractivity contribution in [3.8, 4) is 0 Å². The average Bonchev–Trinajstić information content (AvgIpc) is 3.24. The highest BCUT2D eigenvalue weighted by atomic mass is 127. The number of hydrogen-bond acceptors (Lipinski definition) is 5. The molecule has 4 heterocycles. The van der Waals surface area contributed by atoms with E-state index in [2.05, 4.69) is 46.2 Å². The second-order valence-electron chi connectivity index (χ2n) is 8.62. The van der Waals surface area contributed by atoms with Gasteiger partial charge >= 0.3 is 0 Å². The summed E-state index contributed by atoms with van der Waals surface area (Å²) in [6.45, 7) is 10.4. The Morgan fingerprint density at radius 3 is 2.69 bits per heavy atom. The molecule has 9 heteroatoms. The third-order valence-electron chi connectivity index (χ3n) is 6.13. The number of nitrogens with zero attached hydrogens (tertiary/aromatic N) is 6. The SMILES string of the molecule is CCNC(=NCc1ccc(N2CCC(C)CC2)nc1)N1CCOC(c2cnn(C)c2)C1.I. The van der Waals surface area contributed by atoms with Gasteiger partial charge in [0.15, 0.2) is 5.96 Å². The summed E-state index contributed by atoms with van der Waals surface area (Å²) < 4.78 is 7.80. The van der Waals surface area contributed by atoms with Crippen LogP contribution in [0.15, 0.2) is 35.7 Å². The van der Waals surface area contributed by atoms with Crippen LogP contribution in [0.1, 0.15) is 43.9 Å². The van der Waals surface area contributed by atoms with Crippen molar-refractivity contribution in [2.75, 3.05) is 44.2 Å². The number of morpholine rings is 1. The minimum Gasteiger partial charge on any atom is -0.370 e. The van der Waals surface area contributed by atoms with Crippen LogP contribution in [-0.2, 0) is 18.3 Å². The zero-order valence-corrected chi connectivity index (χ0v) is 21.7. The Hall–Kier alpha value is -1.88. The van der Waals surface area contributed by atoms with Crippen LogP contribution in [-0.4, -0.2) is 65.0 Å². The average molecular weight is 553 g/mol. The Bertz CT molecular complexity index is 861. The number of rotatable bonds is 5. The van der Waals surface area contributed by atoms with E-state index in [0.29, 0.717) is 13.2 Å². The quantitative estimate of drug-likeness (QED) is 0.349.